The molecule has 152 valence electrons. The number of nitrogens with one attached hydrogen (secondary N) is 1. The van der Waals surface area contributed by atoms with Crippen LogP contribution in [0.2, 0.25) is 0 Å². The number of hydrogen-bond acceptors (Lipinski definition) is 7. The van der Waals surface area contributed by atoms with Gasteiger partial charge in [0.2, 0.25) is 5.89 Å². The molecule has 0 saturated carbocycles. The van der Waals surface area contributed by atoms with Gasteiger partial charge in [-0.05, 0) is 67.3 Å². The van der Waals surface area contributed by atoms with Gasteiger partial charge in [-0.25, -0.2) is 4.98 Å². The Kier molecular flexibility index (Phi) is 5.14. The van der Waals surface area contributed by atoms with Crippen LogP contribution in [0, 0.1) is 20.8 Å². The van der Waals surface area contributed by atoms with E-state index in [9.17, 15) is 4.79 Å². The highest BCUT2D eigenvalue weighted by Gasteiger charge is 2.16. The Labute approximate surface area is 173 Å². The Hall–Kier alpha value is -3.81. The molecule has 30 heavy (non-hydrogen) atoms. The summed E-state index contributed by atoms with van der Waals surface area (Å²) in [6, 6.07) is 9.82. The van der Waals surface area contributed by atoms with Gasteiger partial charge in [-0.2, -0.15) is 0 Å². The Bertz CT molecular complexity index is 1220. The second-order valence-corrected chi connectivity index (χ2v) is 7.33. The van der Waals surface area contributed by atoms with Gasteiger partial charge in [-0.3, -0.25) is 9.78 Å². The monoisotopic (exact) mass is 402 g/mol. The van der Waals surface area contributed by atoms with Crippen molar-refractivity contribution in [2.75, 3.05) is 5.73 Å². The molecule has 1 amide bonds. The van der Waals surface area contributed by atoms with Crippen molar-refractivity contribution in [3.63, 3.8) is 0 Å². The number of pyridine rings is 2. The van der Waals surface area contributed by atoms with E-state index in [-0.39, 0.29) is 5.89 Å². The fraction of sp³-hybridized carbons (Fsp3) is 0.227. The van der Waals surface area contributed by atoms with Crippen molar-refractivity contribution < 1.29 is 9.21 Å². The number of aryl methyl sites for hydroxylation is 3. The zero-order chi connectivity index (χ0) is 21.3. The molecular formula is C22H22N6O2. The predicted octanol–water partition coefficient (Wildman–Crippen LogP) is 3.04. The normalized spacial score (nSPS) is 11.0. The van der Waals surface area contributed by atoms with E-state index in [4.69, 9.17) is 10.2 Å². The molecule has 3 N–H and O–H groups in total. The molecule has 0 aliphatic heterocycles. The molecule has 4 aromatic rings. The lowest BCUT2D eigenvalue weighted by atomic mass is 10.1. The quantitative estimate of drug-likeness (QED) is 0.526. The summed E-state index contributed by atoms with van der Waals surface area (Å²) in [6.45, 7) is 6.10. The predicted molar refractivity (Wildman–Crippen MR) is 113 cm³/mol. The van der Waals surface area contributed by atoms with E-state index in [0.29, 0.717) is 24.7 Å². The average Bonchev–Trinajstić information content (AvgIpc) is 3.15. The highest BCUT2D eigenvalue weighted by atomic mass is 16.4. The summed E-state index contributed by atoms with van der Waals surface area (Å²) < 4.78 is 5.57. The third-order valence-corrected chi connectivity index (χ3v) is 4.90. The molecule has 0 bridgehead atoms. The van der Waals surface area contributed by atoms with Crippen LogP contribution >= 0.6 is 0 Å². The molecule has 8 heteroatoms. The molecule has 0 saturated heterocycles. The van der Waals surface area contributed by atoms with E-state index in [1.165, 1.54) is 0 Å². The number of hydrogen-bond donors (Lipinski definition) is 2. The number of fused-ring (bicyclic) bond motifs is 1. The fourth-order valence-corrected chi connectivity index (χ4v) is 3.39. The smallest absolute Gasteiger partial charge is 0.309 e. The maximum absolute atomic E-state index is 12.4. The van der Waals surface area contributed by atoms with E-state index in [1.54, 1.807) is 6.07 Å². The van der Waals surface area contributed by atoms with Gasteiger partial charge in [0, 0.05) is 23.8 Å². The molecule has 3 aromatic heterocycles. The number of nitrogens with zero attached hydrogens (tertiary/aromatic N) is 4. The van der Waals surface area contributed by atoms with Crippen molar-refractivity contribution in [1.82, 2.24) is 25.5 Å². The number of benzene rings is 1. The second-order valence-electron chi connectivity index (χ2n) is 7.33. The number of carbonyl (C=O) groups is 1. The van der Waals surface area contributed by atoms with Crippen LogP contribution in [0.3, 0.4) is 0 Å². The molecular weight excluding hydrogens is 380 g/mol. The summed E-state index contributed by atoms with van der Waals surface area (Å²) in [7, 11) is 0. The molecule has 1 aromatic carbocycles. The average molecular weight is 402 g/mol. The van der Waals surface area contributed by atoms with Gasteiger partial charge < -0.3 is 15.5 Å². The third kappa shape index (κ3) is 4.12. The van der Waals surface area contributed by atoms with Gasteiger partial charge in [0.05, 0.1) is 11.9 Å². The topological polar surface area (TPSA) is 120 Å². The minimum atomic E-state index is -0.428. The lowest BCUT2D eigenvalue weighted by Gasteiger charge is -2.10. The molecule has 0 aliphatic rings. The number of nitrogen functional groups attached to an aromatic ring is 1. The first-order chi connectivity index (χ1) is 14.4. The van der Waals surface area contributed by atoms with Gasteiger partial charge in [0.15, 0.2) is 0 Å². The Balaban J connectivity index is 1.44. The number of anilines is 1. The van der Waals surface area contributed by atoms with Crippen molar-refractivity contribution in [1.29, 1.82) is 0 Å². The SMILES string of the molecule is Cc1cnc2ccc(Cc3nnc(C(=O)NCc4c(C)cc(N)nc4C)o3)cc2c1. The van der Waals surface area contributed by atoms with Gasteiger partial charge in [-0.15, -0.1) is 10.2 Å². The van der Waals surface area contributed by atoms with Crippen LogP contribution in [0.25, 0.3) is 10.9 Å². The van der Waals surface area contributed by atoms with Gasteiger partial charge >= 0.3 is 11.8 Å². The first kappa shape index (κ1) is 19.5. The molecule has 0 radical (unpaired) electrons. The number of carbonyl (C=O) groups excluding carboxylic acids is 1. The number of aromatic nitrogens is 4. The molecule has 0 aliphatic carbocycles. The van der Waals surface area contributed by atoms with E-state index in [0.717, 1.165) is 38.9 Å². The Morgan fingerprint density at radius 1 is 1.13 bits per heavy atom. The van der Waals surface area contributed by atoms with E-state index in [1.807, 2.05) is 45.2 Å². The van der Waals surface area contributed by atoms with Gasteiger partial charge in [0.25, 0.3) is 0 Å². The lowest BCUT2D eigenvalue weighted by Crippen LogP contribution is -2.24. The van der Waals surface area contributed by atoms with Crippen LogP contribution in [0.4, 0.5) is 5.82 Å². The lowest BCUT2D eigenvalue weighted by molar-refractivity contribution is 0.0914. The number of amides is 1. The van der Waals surface area contributed by atoms with Crippen molar-refractivity contribution in [3.05, 3.63) is 76.3 Å². The maximum Gasteiger partial charge on any atom is 0.309 e. The minimum absolute atomic E-state index is 0.0676. The van der Waals surface area contributed by atoms with Crippen LogP contribution < -0.4 is 11.1 Å². The molecule has 8 nitrogen and oxygen atoms in total. The minimum Gasteiger partial charge on any atom is -0.417 e. The summed E-state index contributed by atoms with van der Waals surface area (Å²) in [5.41, 5.74) is 11.4. The van der Waals surface area contributed by atoms with Crippen molar-refractivity contribution in [3.8, 4) is 0 Å². The summed E-state index contributed by atoms with van der Waals surface area (Å²) >= 11 is 0. The van der Waals surface area contributed by atoms with E-state index < -0.39 is 5.91 Å². The van der Waals surface area contributed by atoms with Gasteiger partial charge in [-0.1, -0.05) is 6.07 Å². The van der Waals surface area contributed by atoms with Crippen molar-refractivity contribution >= 4 is 22.6 Å². The first-order valence-corrected chi connectivity index (χ1v) is 9.57. The van der Waals surface area contributed by atoms with E-state index >= 15 is 0 Å². The second kappa shape index (κ2) is 7.90. The molecule has 0 unspecified atom stereocenters. The maximum atomic E-state index is 12.4. The molecule has 0 fully saturated rings. The van der Waals surface area contributed by atoms with Crippen LogP contribution in [0.15, 0.2) is 40.9 Å². The summed E-state index contributed by atoms with van der Waals surface area (Å²) in [5.74, 6) is 0.340. The van der Waals surface area contributed by atoms with Crippen LogP contribution in [-0.2, 0) is 13.0 Å². The Morgan fingerprint density at radius 2 is 1.97 bits per heavy atom. The summed E-state index contributed by atoms with van der Waals surface area (Å²) in [5, 5.41) is 11.7. The largest absolute Gasteiger partial charge is 0.417 e. The Morgan fingerprint density at radius 3 is 2.77 bits per heavy atom. The summed E-state index contributed by atoms with van der Waals surface area (Å²) in [6.07, 6.45) is 2.28. The third-order valence-electron chi connectivity index (χ3n) is 4.90. The standard InChI is InChI=1S/C22H22N6O2/c1-12-6-16-8-15(4-5-18(16)24-10-12)9-20-27-28-22(30-20)21(29)25-11-17-13(2)7-19(23)26-14(17)3/h4-8,10H,9,11H2,1-3H3,(H2,23,26)(H,25,29). The molecule has 0 spiro atoms. The first-order valence-electron chi connectivity index (χ1n) is 9.57. The zero-order valence-corrected chi connectivity index (χ0v) is 17.1. The highest BCUT2D eigenvalue weighted by Crippen LogP contribution is 2.18. The summed E-state index contributed by atoms with van der Waals surface area (Å²) in [4.78, 5) is 21.1. The fourth-order valence-electron chi connectivity index (χ4n) is 3.39. The van der Waals surface area contributed by atoms with E-state index in [2.05, 4.69) is 31.5 Å². The molecule has 4 rings (SSSR count). The van der Waals surface area contributed by atoms with Crippen LogP contribution in [0.5, 0.6) is 0 Å². The molecule has 3 heterocycles. The molecule has 0 atom stereocenters. The van der Waals surface area contributed by atoms with Crippen LogP contribution in [0.1, 0.15) is 44.5 Å². The van der Waals surface area contributed by atoms with Crippen molar-refractivity contribution in [2.45, 2.75) is 33.7 Å². The number of rotatable bonds is 5. The van der Waals surface area contributed by atoms with Crippen molar-refractivity contribution in [2.24, 2.45) is 0 Å². The zero-order valence-electron chi connectivity index (χ0n) is 17.1. The van der Waals surface area contributed by atoms with Crippen LogP contribution in [-0.4, -0.2) is 26.1 Å². The highest BCUT2D eigenvalue weighted by molar-refractivity contribution is 5.89. The number of nitrogens with two attached hydrogens (primary N) is 1. The van der Waals surface area contributed by atoms with Gasteiger partial charge in [0.1, 0.15) is 5.82 Å².